The van der Waals surface area contributed by atoms with E-state index in [0.29, 0.717) is 18.2 Å². The number of hydrogen-bond donors (Lipinski definition) is 1. The lowest BCUT2D eigenvalue weighted by Crippen LogP contribution is -2.11. The van der Waals surface area contributed by atoms with Gasteiger partial charge in [-0.15, -0.1) is 0 Å². The maximum Gasteiger partial charge on any atom is 0.272 e. The lowest BCUT2D eigenvalue weighted by Gasteiger charge is -2.11. The zero-order chi connectivity index (χ0) is 12.1. The van der Waals surface area contributed by atoms with Gasteiger partial charge < -0.3 is 5.32 Å². The van der Waals surface area contributed by atoms with E-state index in [4.69, 9.17) is 0 Å². The molecule has 0 aliphatic carbocycles. The highest BCUT2D eigenvalue weighted by molar-refractivity contribution is 5.50. The van der Waals surface area contributed by atoms with Crippen LogP contribution in [-0.2, 0) is 0 Å². The molecule has 16 heavy (non-hydrogen) atoms. The summed E-state index contributed by atoms with van der Waals surface area (Å²) in [5.41, 5.74) is 0.0810. The van der Waals surface area contributed by atoms with Crippen LogP contribution in [0.25, 0.3) is 0 Å². The number of benzene rings is 1. The fraction of sp³-hybridized carbons (Fsp3) is 0.455. The second-order valence-electron chi connectivity index (χ2n) is 3.82. The molecule has 1 aromatic carbocycles. The number of nitrogens with zero attached hydrogens (tertiary/aromatic N) is 1. The predicted molar refractivity (Wildman–Crippen MR) is 61.0 cm³/mol. The van der Waals surface area contributed by atoms with Crippen molar-refractivity contribution in [1.29, 1.82) is 0 Å². The fourth-order valence-electron chi connectivity index (χ4n) is 1.19. The quantitative estimate of drug-likeness (QED) is 0.619. The normalized spacial score (nSPS) is 12.2. The van der Waals surface area contributed by atoms with Crippen LogP contribution < -0.4 is 5.32 Å². The minimum Gasteiger partial charge on any atom is -0.382 e. The molecule has 0 fully saturated rings. The molecule has 88 valence electrons. The van der Waals surface area contributed by atoms with Gasteiger partial charge in [-0.2, -0.15) is 0 Å². The number of rotatable bonds is 5. The number of hydrogen-bond acceptors (Lipinski definition) is 3. The van der Waals surface area contributed by atoms with E-state index in [1.807, 2.05) is 0 Å². The average Bonchev–Trinajstić information content (AvgIpc) is 2.26. The van der Waals surface area contributed by atoms with Gasteiger partial charge in [0.2, 0.25) is 0 Å². The Kier molecular flexibility index (Phi) is 4.22. The van der Waals surface area contributed by atoms with Crippen molar-refractivity contribution in [2.45, 2.75) is 20.3 Å². The van der Waals surface area contributed by atoms with Crippen LogP contribution in [0, 0.1) is 21.8 Å². The van der Waals surface area contributed by atoms with Crippen LogP contribution in [0.2, 0.25) is 0 Å². The topological polar surface area (TPSA) is 55.2 Å². The van der Waals surface area contributed by atoms with Crippen molar-refractivity contribution in [2.24, 2.45) is 5.92 Å². The second kappa shape index (κ2) is 5.44. The van der Waals surface area contributed by atoms with Crippen LogP contribution >= 0.6 is 0 Å². The van der Waals surface area contributed by atoms with Crippen LogP contribution in [-0.4, -0.2) is 11.5 Å². The molecular weight excluding hydrogens is 211 g/mol. The molecule has 0 spiro atoms. The summed E-state index contributed by atoms with van der Waals surface area (Å²) in [5.74, 6) is -0.146. The van der Waals surface area contributed by atoms with E-state index >= 15 is 0 Å². The highest BCUT2D eigenvalue weighted by atomic mass is 19.1. The molecule has 0 aliphatic rings. The molecule has 0 aromatic heterocycles. The molecule has 1 aromatic rings. The van der Waals surface area contributed by atoms with Gasteiger partial charge in [-0.25, -0.2) is 4.39 Å². The third-order valence-electron chi connectivity index (χ3n) is 2.50. The molecular formula is C11H15FN2O2. The SMILES string of the molecule is CCC(C)CNc1ccc([N+](=O)[O-])cc1F. The highest BCUT2D eigenvalue weighted by Crippen LogP contribution is 2.20. The van der Waals surface area contributed by atoms with Crippen molar-refractivity contribution in [3.63, 3.8) is 0 Å². The summed E-state index contributed by atoms with van der Waals surface area (Å²) in [6.07, 6.45) is 1.00. The number of non-ortho nitro benzene ring substituents is 1. The fourth-order valence-corrected chi connectivity index (χ4v) is 1.19. The lowest BCUT2D eigenvalue weighted by atomic mass is 10.1. The van der Waals surface area contributed by atoms with Gasteiger partial charge in [-0.05, 0) is 12.0 Å². The Morgan fingerprint density at radius 2 is 2.25 bits per heavy atom. The Balaban J connectivity index is 2.72. The summed E-state index contributed by atoms with van der Waals surface area (Å²) in [6, 6.07) is 3.62. The van der Waals surface area contributed by atoms with Gasteiger partial charge in [-0.1, -0.05) is 20.3 Å². The first-order valence-electron chi connectivity index (χ1n) is 5.22. The molecule has 0 amide bonds. The van der Waals surface area contributed by atoms with Gasteiger partial charge in [0.1, 0.15) is 0 Å². The summed E-state index contributed by atoms with van der Waals surface area (Å²) in [5, 5.41) is 13.3. The Labute approximate surface area is 93.6 Å². The van der Waals surface area contributed by atoms with E-state index in [9.17, 15) is 14.5 Å². The van der Waals surface area contributed by atoms with Crippen molar-refractivity contribution >= 4 is 11.4 Å². The predicted octanol–water partition coefficient (Wildman–Crippen LogP) is 3.19. The summed E-state index contributed by atoms with van der Waals surface area (Å²) in [4.78, 5) is 9.79. The van der Waals surface area contributed by atoms with Gasteiger partial charge in [0, 0.05) is 12.6 Å². The summed E-state index contributed by atoms with van der Waals surface area (Å²) in [6.45, 7) is 4.76. The molecule has 1 rings (SSSR count). The van der Waals surface area contributed by atoms with Crippen LogP contribution in [0.1, 0.15) is 20.3 Å². The maximum atomic E-state index is 13.4. The molecule has 0 radical (unpaired) electrons. The number of nitro benzene ring substituents is 1. The van der Waals surface area contributed by atoms with Crippen LogP contribution in [0.5, 0.6) is 0 Å². The molecule has 0 saturated heterocycles. The minimum atomic E-state index is -0.610. The van der Waals surface area contributed by atoms with Gasteiger partial charge in [-0.3, -0.25) is 10.1 Å². The first kappa shape index (κ1) is 12.4. The van der Waals surface area contributed by atoms with Crippen molar-refractivity contribution in [3.05, 3.63) is 34.1 Å². The van der Waals surface area contributed by atoms with Crippen LogP contribution in [0.3, 0.4) is 0 Å². The highest BCUT2D eigenvalue weighted by Gasteiger charge is 2.10. The smallest absolute Gasteiger partial charge is 0.272 e. The van der Waals surface area contributed by atoms with E-state index in [-0.39, 0.29) is 5.69 Å². The minimum absolute atomic E-state index is 0.230. The summed E-state index contributed by atoms with van der Waals surface area (Å²) >= 11 is 0. The zero-order valence-electron chi connectivity index (χ0n) is 9.37. The van der Waals surface area contributed by atoms with Gasteiger partial charge in [0.15, 0.2) is 5.82 Å². The van der Waals surface area contributed by atoms with E-state index in [0.717, 1.165) is 12.5 Å². The first-order chi connectivity index (χ1) is 7.54. The van der Waals surface area contributed by atoms with E-state index in [2.05, 4.69) is 19.2 Å². The lowest BCUT2D eigenvalue weighted by molar-refractivity contribution is -0.385. The molecule has 5 heteroatoms. The van der Waals surface area contributed by atoms with Crippen molar-refractivity contribution < 1.29 is 9.31 Å². The largest absolute Gasteiger partial charge is 0.382 e. The van der Waals surface area contributed by atoms with Gasteiger partial charge in [0.25, 0.3) is 5.69 Å². The molecule has 0 heterocycles. The Morgan fingerprint density at radius 3 is 2.75 bits per heavy atom. The number of halogens is 1. The molecule has 0 bridgehead atoms. The van der Waals surface area contributed by atoms with E-state index < -0.39 is 10.7 Å². The van der Waals surface area contributed by atoms with E-state index in [1.54, 1.807) is 0 Å². The third kappa shape index (κ3) is 3.18. The number of anilines is 1. The monoisotopic (exact) mass is 226 g/mol. The van der Waals surface area contributed by atoms with Crippen molar-refractivity contribution in [3.8, 4) is 0 Å². The Morgan fingerprint density at radius 1 is 1.56 bits per heavy atom. The summed E-state index contributed by atoms with van der Waals surface area (Å²) in [7, 11) is 0. The zero-order valence-corrected chi connectivity index (χ0v) is 9.37. The first-order valence-corrected chi connectivity index (χ1v) is 5.22. The summed E-state index contributed by atoms with van der Waals surface area (Å²) < 4.78 is 13.4. The molecule has 1 unspecified atom stereocenters. The molecule has 0 saturated carbocycles. The number of nitro groups is 1. The Hall–Kier alpha value is -1.65. The van der Waals surface area contributed by atoms with Crippen LogP contribution in [0.15, 0.2) is 18.2 Å². The van der Waals surface area contributed by atoms with Gasteiger partial charge in [0.05, 0.1) is 16.7 Å². The van der Waals surface area contributed by atoms with Crippen molar-refractivity contribution in [2.75, 3.05) is 11.9 Å². The molecule has 1 atom stereocenters. The number of nitrogens with one attached hydrogen (secondary N) is 1. The Bertz CT molecular complexity index is 382. The molecule has 4 nitrogen and oxygen atoms in total. The van der Waals surface area contributed by atoms with Gasteiger partial charge >= 0.3 is 0 Å². The van der Waals surface area contributed by atoms with Crippen molar-refractivity contribution in [1.82, 2.24) is 0 Å². The average molecular weight is 226 g/mol. The maximum absolute atomic E-state index is 13.4. The van der Waals surface area contributed by atoms with Crippen LogP contribution in [0.4, 0.5) is 15.8 Å². The molecule has 1 N–H and O–H groups in total. The standard InChI is InChI=1S/C11H15FN2O2/c1-3-8(2)7-13-11-5-4-9(14(15)16)6-10(11)12/h4-6,8,13H,3,7H2,1-2H3. The second-order valence-corrected chi connectivity index (χ2v) is 3.82. The molecule has 0 aliphatic heterocycles. The van der Waals surface area contributed by atoms with E-state index in [1.165, 1.54) is 12.1 Å². The third-order valence-corrected chi connectivity index (χ3v) is 2.50.